The fourth-order valence-corrected chi connectivity index (χ4v) is 0.474. The minimum Gasteiger partial charge on any atom is -0.454 e. The molecule has 0 radical (unpaired) electrons. The van der Waals surface area contributed by atoms with Crippen LogP contribution in [0.1, 0.15) is 6.92 Å². The van der Waals surface area contributed by atoms with Gasteiger partial charge in [0.05, 0.1) is 0 Å². The van der Waals surface area contributed by atoms with E-state index in [4.69, 9.17) is 4.74 Å². The Labute approximate surface area is 69.0 Å². The third kappa shape index (κ3) is 2.28. The lowest BCUT2D eigenvalue weighted by molar-refractivity contribution is -0.446. The van der Waals surface area contributed by atoms with E-state index in [1.165, 1.54) is 6.26 Å². The van der Waals surface area contributed by atoms with E-state index in [0.717, 1.165) is 0 Å². The lowest BCUT2D eigenvalue weighted by Crippen LogP contribution is -2.07. The van der Waals surface area contributed by atoms with E-state index in [-0.39, 0.29) is 6.61 Å². The van der Waals surface area contributed by atoms with Gasteiger partial charge in [-0.05, 0) is 6.92 Å². The average molecular weight is 172 g/mol. The molecule has 66 valence electrons. The SMILES string of the molecule is C=C(C)C(=O)OCC1=COOO1. The van der Waals surface area contributed by atoms with Gasteiger partial charge in [-0.25, -0.2) is 4.79 Å². The highest BCUT2D eigenvalue weighted by Crippen LogP contribution is 2.08. The Balaban J connectivity index is 2.25. The molecule has 0 aromatic carbocycles. The van der Waals surface area contributed by atoms with E-state index < -0.39 is 5.97 Å². The lowest BCUT2D eigenvalue weighted by atomic mass is 10.4. The summed E-state index contributed by atoms with van der Waals surface area (Å²) in [4.78, 5) is 19.5. The van der Waals surface area contributed by atoms with E-state index in [9.17, 15) is 4.79 Å². The van der Waals surface area contributed by atoms with Gasteiger partial charge in [0.15, 0.2) is 12.9 Å². The largest absolute Gasteiger partial charge is 0.454 e. The summed E-state index contributed by atoms with van der Waals surface area (Å²) >= 11 is 0. The van der Waals surface area contributed by atoms with Crippen molar-refractivity contribution in [2.75, 3.05) is 6.61 Å². The van der Waals surface area contributed by atoms with Crippen molar-refractivity contribution < 1.29 is 24.3 Å². The summed E-state index contributed by atoms with van der Waals surface area (Å²) in [7, 11) is 0. The van der Waals surface area contributed by atoms with Crippen LogP contribution in [-0.4, -0.2) is 12.6 Å². The zero-order valence-electron chi connectivity index (χ0n) is 6.53. The van der Waals surface area contributed by atoms with Crippen molar-refractivity contribution in [1.29, 1.82) is 0 Å². The number of hydrogen-bond donors (Lipinski definition) is 0. The van der Waals surface area contributed by atoms with Crippen LogP contribution >= 0.6 is 0 Å². The van der Waals surface area contributed by atoms with Gasteiger partial charge in [0, 0.05) is 10.6 Å². The van der Waals surface area contributed by atoms with Crippen molar-refractivity contribution in [1.82, 2.24) is 0 Å². The predicted molar refractivity (Wildman–Crippen MR) is 37.1 cm³/mol. The number of carbonyl (C=O) groups excluding carboxylic acids is 1. The minimum atomic E-state index is -0.480. The number of carbonyl (C=O) groups is 1. The Hall–Kier alpha value is -1.49. The van der Waals surface area contributed by atoms with Crippen LogP contribution in [0, 0.1) is 0 Å². The van der Waals surface area contributed by atoms with Gasteiger partial charge < -0.3 is 9.62 Å². The molecule has 0 fully saturated rings. The molecule has 0 aromatic rings. The molecule has 0 aliphatic carbocycles. The van der Waals surface area contributed by atoms with Gasteiger partial charge in [0.1, 0.15) is 0 Å². The third-order valence-electron chi connectivity index (χ3n) is 1.05. The van der Waals surface area contributed by atoms with Gasteiger partial charge in [0.25, 0.3) is 0 Å². The van der Waals surface area contributed by atoms with Crippen LogP contribution in [0.4, 0.5) is 0 Å². The van der Waals surface area contributed by atoms with Crippen LogP contribution in [0.25, 0.3) is 0 Å². The molecule has 1 aliphatic rings. The molecule has 0 unspecified atom stereocenters. The van der Waals surface area contributed by atoms with E-state index in [1.807, 2.05) is 0 Å². The van der Waals surface area contributed by atoms with Gasteiger partial charge in [0.2, 0.25) is 5.76 Å². The molecule has 0 saturated carbocycles. The first kappa shape index (κ1) is 8.61. The monoisotopic (exact) mass is 172 g/mol. The minimum absolute atomic E-state index is 0.0221. The fraction of sp³-hybridized carbons (Fsp3) is 0.286. The lowest BCUT2D eigenvalue weighted by Gasteiger charge is -2.01. The van der Waals surface area contributed by atoms with E-state index >= 15 is 0 Å². The second-order valence-corrected chi connectivity index (χ2v) is 2.19. The van der Waals surface area contributed by atoms with Crippen molar-refractivity contribution in [3.8, 4) is 0 Å². The Morgan fingerprint density at radius 1 is 1.75 bits per heavy atom. The standard InChI is InChI=1S/C7H8O5/c1-5(2)7(8)9-3-6-4-10-12-11-6/h4H,1,3H2,2H3. The highest BCUT2D eigenvalue weighted by Gasteiger charge is 2.12. The van der Waals surface area contributed by atoms with Crippen LogP contribution in [0.5, 0.6) is 0 Å². The molecule has 5 nitrogen and oxygen atoms in total. The maximum Gasteiger partial charge on any atom is 0.333 e. The zero-order valence-corrected chi connectivity index (χ0v) is 6.53. The summed E-state index contributed by atoms with van der Waals surface area (Å²) in [6.45, 7) is 4.94. The van der Waals surface area contributed by atoms with Crippen molar-refractivity contribution in [2.45, 2.75) is 6.92 Å². The first-order valence-electron chi connectivity index (χ1n) is 3.22. The summed E-state index contributed by atoms with van der Waals surface area (Å²) in [5.74, 6) is -0.184. The Morgan fingerprint density at radius 2 is 2.50 bits per heavy atom. The van der Waals surface area contributed by atoms with E-state index in [2.05, 4.69) is 21.4 Å². The summed E-state index contributed by atoms with van der Waals surface area (Å²) in [6, 6.07) is 0. The van der Waals surface area contributed by atoms with Gasteiger partial charge in [-0.1, -0.05) is 6.58 Å². The molecule has 0 atom stereocenters. The highest BCUT2D eigenvalue weighted by atomic mass is 17.5. The molecule has 0 spiro atoms. The summed E-state index contributed by atoms with van der Waals surface area (Å²) in [5.41, 5.74) is 0.329. The molecule has 1 heterocycles. The van der Waals surface area contributed by atoms with Crippen LogP contribution in [0.3, 0.4) is 0 Å². The molecule has 5 heteroatoms. The predicted octanol–water partition coefficient (Wildman–Crippen LogP) is 0.841. The molecule has 1 rings (SSSR count). The van der Waals surface area contributed by atoms with E-state index in [0.29, 0.717) is 11.3 Å². The Bertz CT molecular complexity index is 228. The normalized spacial score (nSPS) is 14.2. The van der Waals surface area contributed by atoms with Crippen LogP contribution in [0.15, 0.2) is 24.2 Å². The molecular formula is C7H8O5. The van der Waals surface area contributed by atoms with E-state index in [1.54, 1.807) is 6.92 Å². The number of ether oxygens (including phenoxy) is 1. The highest BCUT2D eigenvalue weighted by molar-refractivity contribution is 5.86. The van der Waals surface area contributed by atoms with Crippen molar-refractivity contribution >= 4 is 5.97 Å². The number of esters is 1. The second kappa shape index (κ2) is 3.77. The molecule has 0 saturated heterocycles. The van der Waals surface area contributed by atoms with Gasteiger partial charge in [-0.3, -0.25) is 4.89 Å². The molecule has 0 aromatic heterocycles. The van der Waals surface area contributed by atoms with Gasteiger partial charge >= 0.3 is 5.97 Å². The second-order valence-electron chi connectivity index (χ2n) is 2.19. The molecule has 12 heavy (non-hydrogen) atoms. The third-order valence-corrected chi connectivity index (χ3v) is 1.05. The molecule has 0 N–H and O–H groups in total. The molecular weight excluding hydrogens is 164 g/mol. The Morgan fingerprint density at radius 3 is 3.00 bits per heavy atom. The number of rotatable bonds is 3. The maximum atomic E-state index is 10.8. The quantitative estimate of drug-likeness (QED) is 0.358. The zero-order chi connectivity index (χ0) is 8.97. The summed E-state index contributed by atoms with van der Waals surface area (Å²) < 4.78 is 4.70. The van der Waals surface area contributed by atoms with Gasteiger partial charge in [-0.2, -0.15) is 0 Å². The Kier molecular flexibility index (Phi) is 2.71. The topological polar surface area (TPSA) is 54.0 Å². The number of hydrogen-bond acceptors (Lipinski definition) is 5. The molecule has 0 amide bonds. The van der Waals surface area contributed by atoms with Crippen molar-refractivity contribution in [2.24, 2.45) is 0 Å². The van der Waals surface area contributed by atoms with Crippen molar-refractivity contribution in [3.63, 3.8) is 0 Å². The summed E-state index contributed by atoms with van der Waals surface area (Å²) in [5, 5.41) is 4.04. The smallest absolute Gasteiger partial charge is 0.333 e. The van der Waals surface area contributed by atoms with Crippen LogP contribution < -0.4 is 0 Å². The van der Waals surface area contributed by atoms with Crippen LogP contribution in [-0.2, 0) is 24.3 Å². The first-order chi connectivity index (χ1) is 5.70. The molecule has 1 aliphatic heterocycles. The first-order valence-corrected chi connectivity index (χ1v) is 3.22. The van der Waals surface area contributed by atoms with Gasteiger partial charge in [-0.15, -0.1) is 0 Å². The average Bonchev–Trinajstić information content (AvgIpc) is 2.51. The van der Waals surface area contributed by atoms with Crippen LogP contribution in [0.2, 0.25) is 0 Å². The van der Waals surface area contributed by atoms with Crippen molar-refractivity contribution in [3.05, 3.63) is 24.2 Å². The maximum absolute atomic E-state index is 10.8. The molecule has 0 bridgehead atoms. The fourth-order valence-electron chi connectivity index (χ4n) is 0.474. The summed E-state index contributed by atoms with van der Waals surface area (Å²) in [6.07, 6.45) is 1.20.